The Morgan fingerprint density at radius 1 is 1.60 bits per heavy atom. The highest BCUT2D eigenvalue weighted by atomic mass is 16.5. The zero-order chi connectivity index (χ0) is 11.3. The van der Waals surface area contributed by atoms with Gasteiger partial charge in [-0.25, -0.2) is 9.78 Å². The molecule has 0 saturated carbocycles. The molecular formula is C11H12N2O2. The predicted octanol–water partition coefficient (Wildman–Crippen LogP) is 0.887. The lowest BCUT2D eigenvalue weighted by Crippen LogP contribution is -2.00. The highest BCUT2D eigenvalue weighted by Gasteiger charge is 1.98. The van der Waals surface area contributed by atoms with Crippen molar-refractivity contribution in [1.29, 1.82) is 0 Å². The fourth-order valence-electron chi connectivity index (χ4n) is 0.948. The van der Waals surface area contributed by atoms with Gasteiger partial charge in [0.05, 0.1) is 6.61 Å². The van der Waals surface area contributed by atoms with Crippen molar-refractivity contribution in [2.45, 2.75) is 13.8 Å². The average Bonchev–Trinajstić information content (AvgIpc) is 2.20. The number of esters is 1. The smallest absolute Gasteiger partial charge is 0.384 e. The van der Waals surface area contributed by atoms with Gasteiger partial charge in [0.2, 0.25) is 0 Å². The molecule has 2 N–H and O–H groups in total. The van der Waals surface area contributed by atoms with Crippen LogP contribution in [0.1, 0.15) is 18.2 Å². The van der Waals surface area contributed by atoms with Gasteiger partial charge in [-0.3, -0.25) is 0 Å². The van der Waals surface area contributed by atoms with Crippen LogP contribution >= 0.6 is 0 Å². The number of anilines is 1. The molecule has 0 amide bonds. The molecule has 1 rings (SSSR count). The minimum atomic E-state index is -0.555. The highest BCUT2D eigenvalue weighted by Crippen LogP contribution is 2.05. The number of hydrogen-bond acceptors (Lipinski definition) is 4. The topological polar surface area (TPSA) is 65.2 Å². The van der Waals surface area contributed by atoms with Gasteiger partial charge in [-0.05, 0) is 31.4 Å². The van der Waals surface area contributed by atoms with Crippen LogP contribution in [0.3, 0.4) is 0 Å². The average molecular weight is 204 g/mol. The largest absolute Gasteiger partial charge is 0.456 e. The van der Waals surface area contributed by atoms with E-state index in [2.05, 4.69) is 21.6 Å². The molecule has 0 fully saturated rings. The standard InChI is InChI=1S/C11H12N2O2/c1-3-15-11(14)7-5-9-8(2)4-6-10(12)13-9/h4,6H,3H2,1-2H3,(H2,12,13). The third-order valence-electron chi connectivity index (χ3n) is 1.68. The molecule has 1 heterocycles. The number of carbonyl (C=O) groups excluding carboxylic acids is 1. The summed E-state index contributed by atoms with van der Waals surface area (Å²) in [5.74, 6) is 4.79. The van der Waals surface area contributed by atoms with Gasteiger partial charge in [0.1, 0.15) is 11.5 Å². The van der Waals surface area contributed by atoms with E-state index < -0.39 is 5.97 Å². The minimum Gasteiger partial charge on any atom is -0.456 e. The van der Waals surface area contributed by atoms with Crippen molar-refractivity contribution < 1.29 is 9.53 Å². The number of aryl methyl sites for hydroxylation is 1. The summed E-state index contributed by atoms with van der Waals surface area (Å²) < 4.78 is 4.66. The van der Waals surface area contributed by atoms with Gasteiger partial charge < -0.3 is 10.5 Å². The molecule has 0 saturated heterocycles. The Morgan fingerprint density at radius 3 is 3.00 bits per heavy atom. The molecule has 0 spiro atoms. The summed E-state index contributed by atoms with van der Waals surface area (Å²) in [5, 5.41) is 0. The van der Waals surface area contributed by atoms with Gasteiger partial charge in [0.15, 0.2) is 0 Å². The number of nitrogen functional groups attached to an aromatic ring is 1. The Morgan fingerprint density at radius 2 is 2.33 bits per heavy atom. The van der Waals surface area contributed by atoms with Crippen LogP contribution in [0.4, 0.5) is 5.82 Å². The van der Waals surface area contributed by atoms with Crippen LogP contribution in [0.2, 0.25) is 0 Å². The number of aromatic nitrogens is 1. The van der Waals surface area contributed by atoms with Crippen molar-refractivity contribution in [2.75, 3.05) is 12.3 Å². The first-order chi connectivity index (χ1) is 7.13. The Balaban J connectivity index is 2.88. The lowest BCUT2D eigenvalue weighted by atomic mass is 10.2. The van der Waals surface area contributed by atoms with Crippen molar-refractivity contribution in [1.82, 2.24) is 4.98 Å². The third-order valence-corrected chi connectivity index (χ3v) is 1.68. The van der Waals surface area contributed by atoms with Crippen molar-refractivity contribution in [3.63, 3.8) is 0 Å². The lowest BCUT2D eigenvalue weighted by Gasteiger charge is -1.97. The maximum absolute atomic E-state index is 11.0. The molecule has 1 aromatic rings. The first-order valence-corrected chi connectivity index (χ1v) is 4.55. The Kier molecular flexibility index (Phi) is 3.69. The van der Waals surface area contributed by atoms with Crippen molar-refractivity contribution >= 4 is 11.8 Å². The Bertz CT molecular complexity index is 430. The van der Waals surface area contributed by atoms with Crippen LogP contribution in [0, 0.1) is 18.8 Å². The van der Waals surface area contributed by atoms with E-state index in [1.165, 1.54) is 0 Å². The number of carbonyl (C=O) groups is 1. The number of hydrogen-bond donors (Lipinski definition) is 1. The molecule has 0 bridgehead atoms. The molecule has 78 valence electrons. The predicted molar refractivity (Wildman–Crippen MR) is 56.9 cm³/mol. The third kappa shape index (κ3) is 3.31. The summed E-state index contributed by atoms with van der Waals surface area (Å²) in [7, 11) is 0. The van der Waals surface area contributed by atoms with Gasteiger partial charge in [0, 0.05) is 5.92 Å². The second kappa shape index (κ2) is 5.01. The maximum Gasteiger partial charge on any atom is 0.384 e. The van der Waals surface area contributed by atoms with Crippen LogP contribution in [-0.2, 0) is 9.53 Å². The minimum absolute atomic E-state index is 0.316. The molecular weight excluding hydrogens is 192 g/mol. The Hall–Kier alpha value is -2.02. The molecule has 15 heavy (non-hydrogen) atoms. The first kappa shape index (κ1) is 11.1. The van der Waals surface area contributed by atoms with E-state index in [-0.39, 0.29) is 0 Å². The number of nitrogens with two attached hydrogens (primary N) is 1. The van der Waals surface area contributed by atoms with Crippen LogP contribution in [0.5, 0.6) is 0 Å². The van der Waals surface area contributed by atoms with Gasteiger partial charge in [-0.2, -0.15) is 0 Å². The number of ether oxygens (including phenoxy) is 1. The molecule has 4 heteroatoms. The molecule has 0 aliphatic rings. The van der Waals surface area contributed by atoms with Gasteiger partial charge in [-0.15, -0.1) is 0 Å². The van der Waals surface area contributed by atoms with E-state index in [0.29, 0.717) is 18.1 Å². The zero-order valence-electron chi connectivity index (χ0n) is 8.70. The fourth-order valence-corrected chi connectivity index (χ4v) is 0.948. The summed E-state index contributed by atoms with van der Waals surface area (Å²) in [4.78, 5) is 15.0. The molecule has 0 aromatic carbocycles. The normalized spacial score (nSPS) is 8.93. The van der Waals surface area contributed by atoms with E-state index in [0.717, 1.165) is 5.56 Å². The zero-order valence-corrected chi connectivity index (χ0v) is 8.70. The lowest BCUT2D eigenvalue weighted by molar-refractivity contribution is -0.136. The monoisotopic (exact) mass is 204 g/mol. The first-order valence-electron chi connectivity index (χ1n) is 4.55. The quantitative estimate of drug-likeness (QED) is 0.545. The number of rotatable bonds is 1. The SMILES string of the molecule is CCOC(=O)C#Cc1nc(N)ccc1C. The van der Waals surface area contributed by atoms with E-state index >= 15 is 0 Å². The summed E-state index contributed by atoms with van der Waals surface area (Å²) in [6.45, 7) is 3.89. The van der Waals surface area contributed by atoms with Crippen molar-refractivity contribution in [2.24, 2.45) is 0 Å². The molecule has 0 aliphatic carbocycles. The van der Waals surface area contributed by atoms with Gasteiger partial charge >= 0.3 is 5.97 Å². The molecule has 1 aromatic heterocycles. The van der Waals surface area contributed by atoms with Crippen molar-refractivity contribution in [3.05, 3.63) is 23.4 Å². The Labute approximate surface area is 88.5 Å². The summed E-state index contributed by atoms with van der Waals surface area (Å²) in [6.07, 6.45) is 0. The van der Waals surface area contributed by atoms with Crippen LogP contribution in [-0.4, -0.2) is 17.6 Å². The number of nitrogens with zero attached hydrogens (tertiary/aromatic N) is 1. The summed E-state index contributed by atoms with van der Waals surface area (Å²) in [5.41, 5.74) is 6.88. The molecule has 0 aliphatic heterocycles. The molecule has 0 unspecified atom stereocenters. The maximum atomic E-state index is 11.0. The van der Waals surface area contributed by atoms with Crippen LogP contribution < -0.4 is 5.73 Å². The van der Waals surface area contributed by atoms with Gasteiger partial charge in [0.25, 0.3) is 0 Å². The fraction of sp³-hybridized carbons (Fsp3) is 0.273. The number of pyridine rings is 1. The molecule has 0 atom stereocenters. The second-order valence-electron chi connectivity index (χ2n) is 2.87. The molecule has 4 nitrogen and oxygen atoms in total. The van der Waals surface area contributed by atoms with E-state index in [1.54, 1.807) is 19.1 Å². The van der Waals surface area contributed by atoms with E-state index in [4.69, 9.17) is 5.73 Å². The summed E-state index contributed by atoms with van der Waals surface area (Å²) in [6, 6.07) is 3.49. The summed E-state index contributed by atoms with van der Waals surface area (Å²) >= 11 is 0. The second-order valence-corrected chi connectivity index (χ2v) is 2.87. The van der Waals surface area contributed by atoms with Gasteiger partial charge in [-0.1, -0.05) is 6.07 Å². The van der Waals surface area contributed by atoms with Crippen molar-refractivity contribution in [3.8, 4) is 11.8 Å². The van der Waals surface area contributed by atoms with E-state index in [1.807, 2.05) is 6.92 Å². The van der Waals surface area contributed by atoms with Crippen LogP contribution in [0.15, 0.2) is 12.1 Å². The van der Waals surface area contributed by atoms with Crippen LogP contribution in [0.25, 0.3) is 0 Å². The van der Waals surface area contributed by atoms with E-state index in [9.17, 15) is 4.79 Å². The highest BCUT2D eigenvalue weighted by molar-refractivity contribution is 5.89. The molecule has 0 radical (unpaired) electrons.